The summed E-state index contributed by atoms with van der Waals surface area (Å²) >= 11 is 0. The lowest BCUT2D eigenvalue weighted by atomic mass is 10.1. The van der Waals surface area contributed by atoms with Gasteiger partial charge in [-0.15, -0.1) is 0 Å². The van der Waals surface area contributed by atoms with Gasteiger partial charge < -0.3 is 11.1 Å². The summed E-state index contributed by atoms with van der Waals surface area (Å²) in [6, 6.07) is 5.92. The van der Waals surface area contributed by atoms with Crippen molar-refractivity contribution >= 4 is 21.6 Å². The zero-order chi connectivity index (χ0) is 14.8. The highest BCUT2D eigenvalue weighted by Crippen LogP contribution is 2.19. The highest BCUT2D eigenvalue weighted by atomic mass is 32.2. The second-order valence-electron chi connectivity index (χ2n) is 4.61. The van der Waals surface area contributed by atoms with Crippen LogP contribution in [0.15, 0.2) is 41.3 Å². The number of anilines is 1. The normalized spacial score (nSPS) is 21.9. The first-order valence-electron chi connectivity index (χ1n) is 6.21. The molecule has 1 amide bonds. The Labute approximate surface area is 118 Å². The first-order valence-corrected chi connectivity index (χ1v) is 7.69. The molecule has 0 spiro atoms. The van der Waals surface area contributed by atoms with Gasteiger partial charge in [0.1, 0.15) is 0 Å². The number of rotatable bonds is 4. The van der Waals surface area contributed by atoms with E-state index in [9.17, 15) is 13.2 Å². The van der Waals surface area contributed by atoms with Gasteiger partial charge in [-0.25, -0.2) is 13.1 Å². The first kappa shape index (κ1) is 14.7. The van der Waals surface area contributed by atoms with E-state index in [1.165, 1.54) is 19.2 Å². The monoisotopic (exact) mass is 295 g/mol. The molecule has 1 aromatic rings. The maximum Gasteiger partial charge on any atom is 0.240 e. The molecule has 0 fully saturated rings. The summed E-state index contributed by atoms with van der Waals surface area (Å²) in [6.07, 6.45) is 4.20. The van der Waals surface area contributed by atoms with E-state index in [-0.39, 0.29) is 22.8 Å². The van der Waals surface area contributed by atoms with Crippen LogP contribution in [-0.2, 0) is 14.8 Å². The Bertz CT molecular complexity index is 623. The summed E-state index contributed by atoms with van der Waals surface area (Å²) in [5.41, 5.74) is 6.25. The largest absolute Gasteiger partial charge is 0.326 e. The smallest absolute Gasteiger partial charge is 0.240 e. The molecular formula is C13H17N3O3S. The van der Waals surface area contributed by atoms with E-state index in [1.807, 2.05) is 6.08 Å². The van der Waals surface area contributed by atoms with Gasteiger partial charge in [0.15, 0.2) is 0 Å². The Kier molecular flexibility index (Phi) is 4.22. The maximum absolute atomic E-state index is 11.9. The van der Waals surface area contributed by atoms with Crippen LogP contribution in [-0.4, -0.2) is 27.4 Å². The molecule has 0 heterocycles. The van der Waals surface area contributed by atoms with Crippen LogP contribution >= 0.6 is 0 Å². The molecule has 1 aliphatic rings. The standard InChI is InChI=1S/C13H17N3O3S/c1-15-20(18,19)12-6-4-11(5-7-12)16-13(17)9-2-3-10(14)8-9/h2-7,9-10,15H,8,14H2,1H3,(H,16,17). The number of carbonyl (C=O) groups excluding carboxylic acids is 1. The molecule has 7 heteroatoms. The van der Waals surface area contributed by atoms with Crippen molar-refractivity contribution in [2.24, 2.45) is 11.7 Å². The molecule has 0 saturated heterocycles. The molecular weight excluding hydrogens is 278 g/mol. The number of hydrogen-bond donors (Lipinski definition) is 3. The second-order valence-corrected chi connectivity index (χ2v) is 6.50. The maximum atomic E-state index is 11.9. The van der Waals surface area contributed by atoms with E-state index in [1.54, 1.807) is 18.2 Å². The molecule has 20 heavy (non-hydrogen) atoms. The third-order valence-corrected chi connectivity index (χ3v) is 4.58. The predicted octanol–water partition coefficient (Wildman–Crippen LogP) is 0.437. The van der Waals surface area contributed by atoms with E-state index in [0.717, 1.165) is 0 Å². The quantitative estimate of drug-likeness (QED) is 0.701. The molecule has 4 N–H and O–H groups in total. The lowest BCUT2D eigenvalue weighted by molar-refractivity contribution is -0.118. The molecule has 2 unspecified atom stereocenters. The minimum atomic E-state index is -3.46. The molecule has 1 aromatic carbocycles. The Morgan fingerprint density at radius 3 is 2.40 bits per heavy atom. The van der Waals surface area contributed by atoms with Gasteiger partial charge >= 0.3 is 0 Å². The zero-order valence-electron chi connectivity index (χ0n) is 11.0. The molecule has 6 nitrogen and oxygen atoms in total. The van der Waals surface area contributed by atoms with Crippen molar-refractivity contribution in [3.05, 3.63) is 36.4 Å². The van der Waals surface area contributed by atoms with Crippen molar-refractivity contribution in [3.8, 4) is 0 Å². The van der Waals surface area contributed by atoms with E-state index in [2.05, 4.69) is 10.0 Å². The summed E-state index contributed by atoms with van der Waals surface area (Å²) in [5.74, 6) is -0.371. The fraction of sp³-hybridized carbons (Fsp3) is 0.308. The van der Waals surface area contributed by atoms with Gasteiger partial charge in [0.25, 0.3) is 0 Å². The predicted molar refractivity (Wildman–Crippen MR) is 76.5 cm³/mol. The van der Waals surface area contributed by atoms with Gasteiger partial charge in [0.05, 0.1) is 10.8 Å². The second kappa shape index (κ2) is 5.74. The van der Waals surface area contributed by atoms with Crippen LogP contribution in [0.25, 0.3) is 0 Å². The van der Waals surface area contributed by atoms with Crippen LogP contribution in [0.4, 0.5) is 5.69 Å². The zero-order valence-corrected chi connectivity index (χ0v) is 11.9. The molecule has 0 aromatic heterocycles. The highest BCUT2D eigenvalue weighted by molar-refractivity contribution is 7.89. The molecule has 0 radical (unpaired) electrons. The van der Waals surface area contributed by atoms with Crippen molar-refractivity contribution in [2.45, 2.75) is 17.4 Å². The number of hydrogen-bond acceptors (Lipinski definition) is 4. The summed E-state index contributed by atoms with van der Waals surface area (Å²) in [6.45, 7) is 0. The van der Waals surface area contributed by atoms with Crippen LogP contribution in [0.5, 0.6) is 0 Å². The van der Waals surface area contributed by atoms with Gasteiger partial charge in [-0.3, -0.25) is 4.79 Å². The Morgan fingerprint density at radius 1 is 1.25 bits per heavy atom. The van der Waals surface area contributed by atoms with Gasteiger partial charge in [-0.1, -0.05) is 12.2 Å². The van der Waals surface area contributed by atoms with Gasteiger partial charge in [-0.2, -0.15) is 0 Å². The molecule has 2 rings (SSSR count). The lowest BCUT2D eigenvalue weighted by Crippen LogP contribution is -2.24. The van der Waals surface area contributed by atoms with Gasteiger partial charge in [0, 0.05) is 11.7 Å². The minimum absolute atomic E-state index is 0.0751. The van der Waals surface area contributed by atoms with Crippen molar-refractivity contribution in [1.29, 1.82) is 0 Å². The third-order valence-electron chi connectivity index (χ3n) is 3.15. The number of carbonyl (C=O) groups is 1. The third kappa shape index (κ3) is 3.24. The van der Waals surface area contributed by atoms with Crippen LogP contribution in [0.2, 0.25) is 0 Å². The SMILES string of the molecule is CNS(=O)(=O)c1ccc(NC(=O)C2C=CC(N)C2)cc1. The summed E-state index contributed by atoms with van der Waals surface area (Å²) in [4.78, 5) is 12.1. The summed E-state index contributed by atoms with van der Waals surface area (Å²) < 4.78 is 25.3. The number of amides is 1. The summed E-state index contributed by atoms with van der Waals surface area (Å²) in [5, 5.41) is 2.74. The first-order chi connectivity index (χ1) is 9.42. The summed E-state index contributed by atoms with van der Waals surface area (Å²) in [7, 11) is -2.11. The Morgan fingerprint density at radius 2 is 1.90 bits per heavy atom. The van der Waals surface area contributed by atoms with Crippen LogP contribution in [0, 0.1) is 5.92 Å². The van der Waals surface area contributed by atoms with E-state index >= 15 is 0 Å². The number of nitrogens with two attached hydrogens (primary N) is 1. The fourth-order valence-corrected chi connectivity index (χ4v) is 2.72. The van der Waals surface area contributed by atoms with Crippen molar-refractivity contribution in [2.75, 3.05) is 12.4 Å². The average molecular weight is 295 g/mol. The van der Waals surface area contributed by atoms with Gasteiger partial charge in [0.2, 0.25) is 15.9 Å². The molecule has 108 valence electrons. The minimum Gasteiger partial charge on any atom is -0.326 e. The van der Waals surface area contributed by atoms with Crippen LogP contribution in [0.1, 0.15) is 6.42 Å². The fourth-order valence-electron chi connectivity index (χ4n) is 1.99. The number of sulfonamides is 1. The number of nitrogens with one attached hydrogen (secondary N) is 2. The van der Waals surface area contributed by atoms with E-state index in [4.69, 9.17) is 5.73 Å². The van der Waals surface area contributed by atoms with Crippen molar-refractivity contribution < 1.29 is 13.2 Å². The average Bonchev–Trinajstić information content (AvgIpc) is 2.86. The van der Waals surface area contributed by atoms with E-state index in [0.29, 0.717) is 12.1 Å². The molecule has 0 aliphatic heterocycles. The molecule has 1 aliphatic carbocycles. The topological polar surface area (TPSA) is 101 Å². The van der Waals surface area contributed by atoms with Gasteiger partial charge in [-0.05, 0) is 37.7 Å². The Balaban J connectivity index is 2.04. The van der Waals surface area contributed by atoms with Crippen molar-refractivity contribution in [1.82, 2.24) is 4.72 Å². The molecule has 2 atom stereocenters. The van der Waals surface area contributed by atoms with Crippen molar-refractivity contribution in [3.63, 3.8) is 0 Å². The highest BCUT2D eigenvalue weighted by Gasteiger charge is 2.22. The molecule has 0 saturated carbocycles. The van der Waals surface area contributed by atoms with Crippen LogP contribution in [0.3, 0.4) is 0 Å². The Hall–Kier alpha value is -1.70. The number of benzene rings is 1. The van der Waals surface area contributed by atoms with E-state index < -0.39 is 10.0 Å². The molecule has 0 bridgehead atoms. The lowest BCUT2D eigenvalue weighted by Gasteiger charge is -2.11. The van der Waals surface area contributed by atoms with Crippen LogP contribution < -0.4 is 15.8 Å².